The molecule has 1 unspecified atom stereocenters. The maximum Gasteiger partial charge on any atom is 0.234 e. The summed E-state index contributed by atoms with van der Waals surface area (Å²) in [5.74, 6) is -0.0934. The average Bonchev–Trinajstić information content (AvgIpc) is 2.28. The van der Waals surface area contributed by atoms with E-state index in [9.17, 15) is 9.59 Å². The van der Waals surface area contributed by atoms with Crippen LogP contribution >= 0.6 is 0 Å². The topological polar surface area (TPSA) is 63.4 Å². The van der Waals surface area contributed by atoms with Crippen molar-refractivity contribution < 1.29 is 9.59 Å². The monoisotopic (exact) mass is 246 g/mol. The molecule has 1 heterocycles. The molecule has 1 atom stereocenters. The van der Waals surface area contributed by atoms with Gasteiger partial charge in [0.2, 0.25) is 11.8 Å². The number of carbonyl (C=O) groups excluding carboxylic acids is 2. The molecule has 0 aliphatic carbocycles. The molecular weight excluding hydrogens is 228 g/mol. The van der Waals surface area contributed by atoms with Crippen LogP contribution in [0.4, 0.5) is 5.69 Å². The first-order valence-corrected chi connectivity index (χ1v) is 6.20. The third kappa shape index (κ3) is 2.43. The fourth-order valence-electron chi connectivity index (χ4n) is 2.20. The van der Waals surface area contributed by atoms with Crippen LogP contribution in [0.1, 0.15) is 38.3 Å². The molecule has 1 aromatic carbocycles. The summed E-state index contributed by atoms with van der Waals surface area (Å²) in [6.07, 6.45) is 0.863. The lowest BCUT2D eigenvalue weighted by Crippen LogP contribution is -2.42. The van der Waals surface area contributed by atoms with Crippen LogP contribution in [0.25, 0.3) is 0 Å². The fourth-order valence-corrected chi connectivity index (χ4v) is 2.20. The van der Waals surface area contributed by atoms with Gasteiger partial charge < -0.3 is 5.73 Å². The summed E-state index contributed by atoms with van der Waals surface area (Å²) in [5, 5.41) is 0. The highest BCUT2D eigenvalue weighted by molar-refractivity contribution is 6.16. The number of nitrogens with two attached hydrogens (primary N) is 1. The zero-order valence-corrected chi connectivity index (χ0v) is 10.7. The summed E-state index contributed by atoms with van der Waals surface area (Å²) in [7, 11) is 0. The molecular formula is C14H18N2O2. The second-order valence-corrected chi connectivity index (χ2v) is 5.02. The minimum absolute atomic E-state index is 0.0492. The number of imide groups is 1. The van der Waals surface area contributed by atoms with Crippen LogP contribution in [0.15, 0.2) is 24.3 Å². The quantitative estimate of drug-likeness (QED) is 0.812. The van der Waals surface area contributed by atoms with Crippen molar-refractivity contribution >= 4 is 17.5 Å². The Hall–Kier alpha value is -1.68. The Morgan fingerprint density at radius 3 is 2.11 bits per heavy atom. The maximum atomic E-state index is 11.9. The molecule has 1 aromatic rings. The molecule has 1 fully saturated rings. The van der Waals surface area contributed by atoms with Gasteiger partial charge in [0.15, 0.2) is 0 Å². The second kappa shape index (κ2) is 4.90. The van der Waals surface area contributed by atoms with E-state index in [0.29, 0.717) is 18.5 Å². The molecule has 0 aromatic heterocycles. The first-order valence-electron chi connectivity index (χ1n) is 6.20. The molecule has 1 saturated heterocycles. The molecule has 2 amide bonds. The number of hydrogen-bond acceptors (Lipinski definition) is 3. The fraction of sp³-hybridized carbons (Fsp3) is 0.429. The van der Waals surface area contributed by atoms with Crippen molar-refractivity contribution in [3.05, 3.63) is 29.8 Å². The van der Waals surface area contributed by atoms with E-state index in [1.165, 1.54) is 4.90 Å². The van der Waals surface area contributed by atoms with E-state index in [-0.39, 0.29) is 23.8 Å². The van der Waals surface area contributed by atoms with E-state index >= 15 is 0 Å². The van der Waals surface area contributed by atoms with Gasteiger partial charge in [-0.1, -0.05) is 19.1 Å². The van der Waals surface area contributed by atoms with Crippen molar-refractivity contribution in [2.45, 2.75) is 32.7 Å². The Balaban J connectivity index is 2.25. The third-order valence-corrected chi connectivity index (χ3v) is 3.22. The number of anilines is 1. The molecule has 4 heteroatoms. The molecule has 4 nitrogen and oxygen atoms in total. The van der Waals surface area contributed by atoms with Crippen LogP contribution in [0.2, 0.25) is 0 Å². The minimum Gasteiger partial charge on any atom is -0.324 e. The summed E-state index contributed by atoms with van der Waals surface area (Å²) < 4.78 is 0. The van der Waals surface area contributed by atoms with Crippen molar-refractivity contribution in [3.63, 3.8) is 0 Å². The van der Waals surface area contributed by atoms with Gasteiger partial charge in [-0.15, -0.1) is 0 Å². The van der Waals surface area contributed by atoms with Crippen molar-refractivity contribution in [2.24, 2.45) is 11.7 Å². The van der Waals surface area contributed by atoms with Gasteiger partial charge in [0.25, 0.3) is 0 Å². The van der Waals surface area contributed by atoms with E-state index in [2.05, 4.69) is 0 Å². The van der Waals surface area contributed by atoms with Crippen molar-refractivity contribution in [3.8, 4) is 0 Å². The first-order chi connectivity index (χ1) is 8.49. The van der Waals surface area contributed by atoms with E-state index < -0.39 is 0 Å². The summed E-state index contributed by atoms with van der Waals surface area (Å²) in [6, 6.07) is 7.23. The van der Waals surface area contributed by atoms with Crippen LogP contribution in [0, 0.1) is 5.92 Å². The molecule has 0 spiro atoms. The summed E-state index contributed by atoms with van der Waals surface area (Å²) in [6.45, 7) is 3.82. The molecule has 96 valence electrons. The van der Waals surface area contributed by atoms with E-state index in [1.807, 2.05) is 26.0 Å². The highest BCUT2D eigenvalue weighted by Crippen LogP contribution is 2.26. The van der Waals surface area contributed by atoms with E-state index in [4.69, 9.17) is 5.73 Å². The highest BCUT2D eigenvalue weighted by Gasteiger charge is 2.31. The second-order valence-electron chi connectivity index (χ2n) is 5.02. The predicted molar refractivity (Wildman–Crippen MR) is 69.9 cm³/mol. The van der Waals surface area contributed by atoms with Crippen LogP contribution < -0.4 is 10.6 Å². The maximum absolute atomic E-state index is 11.9. The molecule has 0 radical (unpaired) electrons. The highest BCUT2D eigenvalue weighted by atomic mass is 16.2. The summed E-state index contributed by atoms with van der Waals surface area (Å²) >= 11 is 0. The standard InChI is InChI=1S/C14H18N2O2/c1-9-7-13(17)16(14(18)8-9)12-5-3-11(4-6-12)10(2)15/h3-6,9-10H,7-8,15H2,1-2H3. The normalized spacial score (nSPS) is 19.2. The first kappa shape index (κ1) is 12.8. The van der Waals surface area contributed by atoms with Gasteiger partial charge in [-0.2, -0.15) is 0 Å². The largest absolute Gasteiger partial charge is 0.324 e. The van der Waals surface area contributed by atoms with Gasteiger partial charge >= 0.3 is 0 Å². The van der Waals surface area contributed by atoms with Crippen molar-refractivity contribution in [1.29, 1.82) is 0 Å². The number of hydrogen-bond donors (Lipinski definition) is 1. The van der Waals surface area contributed by atoms with Gasteiger partial charge in [-0.05, 0) is 30.5 Å². The Bertz CT molecular complexity index is 447. The molecule has 2 N–H and O–H groups in total. The lowest BCUT2D eigenvalue weighted by Gasteiger charge is -2.28. The molecule has 18 heavy (non-hydrogen) atoms. The van der Waals surface area contributed by atoms with Crippen molar-refractivity contribution in [2.75, 3.05) is 4.90 Å². The van der Waals surface area contributed by atoms with Crippen LogP contribution in [-0.4, -0.2) is 11.8 Å². The Kier molecular flexibility index (Phi) is 3.48. The number of piperidine rings is 1. The number of amides is 2. The van der Waals surface area contributed by atoms with Gasteiger partial charge in [-0.25, -0.2) is 0 Å². The van der Waals surface area contributed by atoms with Crippen LogP contribution in [-0.2, 0) is 9.59 Å². The lowest BCUT2D eigenvalue weighted by molar-refractivity contribution is -0.130. The number of carbonyl (C=O) groups is 2. The Morgan fingerprint density at radius 1 is 1.17 bits per heavy atom. The molecule has 1 aliphatic rings. The predicted octanol–water partition coefficient (Wildman–Crippen LogP) is 2.00. The number of nitrogens with zero attached hydrogens (tertiary/aromatic N) is 1. The van der Waals surface area contributed by atoms with E-state index in [1.54, 1.807) is 12.1 Å². The minimum atomic E-state index is -0.118. The summed E-state index contributed by atoms with van der Waals surface area (Å²) in [5.41, 5.74) is 7.40. The third-order valence-electron chi connectivity index (χ3n) is 3.22. The number of benzene rings is 1. The smallest absolute Gasteiger partial charge is 0.234 e. The lowest BCUT2D eigenvalue weighted by atomic mass is 9.97. The van der Waals surface area contributed by atoms with Gasteiger partial charge in [0, 0.05) is 18.9 Å². The SMILES string of the molecule is CC1CC(=O)N(c2ccc(C(C)N)cc2)C(=O)C1. The Morgan fingerprint density at radius 2 is 1.67 bits per heavy atom. The molecule has 2 rings (SSSR count). The average molecular weight is 246 g/mol. The van der Waals surface area contributed by atoms with E-state index in [0.717, 1.165) is 5.56 Å². The van der Waals surface area contributed by atoms with Crippen LogP contribution in [0.3, 0.4) is 0 Å². The molecule has 0 bridgehead atoms. The summed E-state index contributed by atoms with van der Waals surface area (Å²) in [4.78, 5) is 25.1. The molecule has 0 saturated carbocycles. The van der Waals surface area contributed by atoms with Gasteiger partial charge in [-0.3, -0.25) is 14.5 Å². The molecule has 1 aliphatic heterocycles. The Labute approximate surface area is 107 Å². The van der Waals surface area contributed by atoms with Crippen LogP contribution in [0.5, 0.6) is 0 Å². The zero-order valence-electron chi connectivity index (χ0n) is 10.7. The van der Waals surface area contributed by atoms with Gasteiger partial charge in [0.1, 0.15) is 0 Å². The van der Waals surface area contributed by atoms with Crippen molar-refractivity contribution in [1.82, 2.24) is 0 Å². The van der Waals surface area contributed by atoms with Gasteiger partial charge in [0.05, 0.1) is 5.69 Å². The zero-order chi connectivity index (χ0) is 13.3. The number of rotatable bonds is 2.